The van der Waals surface area contributed by atoms with Gasteiger partial charge in [0.25, 0.3) is 5.56 Å². The van der Waals surface area contributed by atoms with Gasteiger partial charge in [0.05, 0.1) is 12.1 Å². The zero-order valence-electron chi connectivity index (χ0n) is 18.4. The van der Waals surface area contributed by atoms with Crippen LogP contribution in [0.3, 0.4) is 0 Å². The van der Waals surface area contributed by atoms with Crippen molar-refractivity contribution in [2.75, 3.05) is 4.90 Å². The van der Waals surface area contributed by atoms with Crippen LogP contribution in [-0.4, -0.2) is 37.5 Å². The van der Waals surface area contributed by atoms with Crippen molar-refractivity contribution in [3.63, 3.8) is 0 Å². The quantitative estimate of drug-likeness (QED) is 0.321. The molecule has 11 heteroatoms. The minimum atomic E-state index is -4.64. The standard InChI is InChI=1S/C22H22F3IN4O3/c1-20(2,3)33-19(32)28-10-13(14-7-5-6-8-15(14)28)11-30-18-27-16(26)9-17(31)29(18)12-21(30,4)22(23,24)25/h5-10H,11-12H2,1-4H3/t21-/m0/s1. The first-order valence-electron chi connectivity index (χ1n) is 10.2. The van der Waals surface area contributed by atoms with Gasteiger partial charge in [0.15, 0.2) is 5.54 Å². The Kier molecular flexibility index (Phi) is 5.53. The number of hydrogen-bond donors (Lipinski definition) is 0. The second kappa shape index (κ2) is 7.74. The number of benzene rings is 1. The molecule has 3 heterocycles. The third-order valence-electron chi connectivity index (χ3n) is 5.58. The van der Waals surface area contributed by atoms with Crippen LogP contribution in [0, 0.1) is 3.70 Å². The number of rotatable bonds is 2. The molecular weight excluding hydrogens is 552 g/mol. The van der Waals surface area contributed by atoms with Crippen LogP contribution in [-0.2, 0) is 17.8 Å². The predicted octanol–water partition coefficient (Wildman–Crippen LogP) is 4.93. The number of nitrogens with zero attached hydrogens (tertiary/aromatic N) is 4. The van der Waals surface area contributed by atoms with Gasteiger partial charge in [0, 0.05) is 24.2 Å². The molecule has 0 N–H and O–H groups in total. The van der Waals surface area contributed by atoms with E-state index in [1.54, 1.807) is 45.0 Å². The zero-order chi connectivity index (χ0) is 24.3. The molecule has 0 saturated heterocycles. The first-order valence-corrected chi connectivity index (χ1v) is 11.2. The van der Waals surface area contributed by atoms with E-state index in [9.17, 15) is 22.8 Å². The highest BCUT2D eigenvalue weighted by Gasteiger charge is 2.60. The third kappa shape index (κ3) is 4.11. The molecule has 33 heavy (non-hydrogen) atoms. The molecule has 1 aliphatic heterocycles. The number of carbonyl (C=O) groups is 1. The summed E-state index contributed by atoms with van der Waals surface area (Å²) in [5.41, 5.74) is -2.64. The summed E-state index contributed by atoms with van der Waals surface area (Å²) in [7, 11) is 0. The summed E-state index contributed by atoms with van der Waals surface area (Å²) >= 11 is 1.81. The second-order valence-electron chi connectivity index (χ2n) is 9.18. The van der Waals surface area contributed by atoms with E-state index in [0.717, 1.165) is 16.4 Å². The number of anilines is 1. The number of ether oxygens (including phenoxy) is 1. The Morgan fingerprint density at radius 3 is 2.55 bits per heavy atom. The Labute approximate surface area is 201 Å². The van der Waals surface area contributed by atoms with E-state index in [4.69, 9.17) is 4.74 Å². The molecule has 7 nitrogen and oxygen atoms in total. The molecule has 3 aromatic rings. The topological polar surface area (TPSA) is 69.4 Å². The maximum atomic E-state index is 14.3. The van der Waals surface area contributed by atoms with Gasteiger partial charge in [-0.05, 0) is 61.9 Å². The zero-order valence-corrected chi connectivity index (χ0v) is 20.6. The number of para-hydroxylation sites is 1. The molecule has 0 unspecified atom stereocenters. The number of alkyl halides is 3. The van der Waals surface area contributed by atoms with Crippen molar-refractivity contribution in [2.45, 2.75) is 58.1 Å². The lowest BCUT2D eigenvalue weighted by atomic mass is 10.00. The van der Waals surface area contributed by atoms with E-state index in [2.05, 4.69) is 4.98 Å². The molecule has 0 radical (unpaired) electrons. The number of fused-ring (bicyclic) bond motifs is 2. The minimum Gasteiger partial charge on any atom is -0.443 e. The SMILES string of the molecule is CC(C)(C)OC(=O)n1cc(CN2c3nc(I)cc(=O)n3C[C@@]2(C)C(F)(F)F)c2ccccc21. The van der Waals surface area contributed by atoms with Crippen molar-refractivity contribution in [2.24, 2.45) is 0 Å². The summed E-state index contributed by atoms with van der Waals surface area (Å²) in [5.74, 6) is -0.0548. The Bertz CT molecular complexity index is 1310. The molecule has 0 saturated carbocycles. The van der Waals surface area contributed by atoms with Crippen LogP contribution in [0.2, 0.25) is 0 Å². The molecule has 0 spiro atoms. The molecule has 0 aliphatic carbocycles. The molecule has 1 aliphatic rings. The van der Waals surface area contributed by atoms with Crippen molar-refractivity contribution in [3.05, 3.63) is 56.1 Å². The number of halogens is 4. The van der Waals surface area contributed by atoms with Gasteiger partial charge in [-0.25, -0.2) is 9.78 Å². The lowest BCUT2D eigenvalue weighted by Gasteiger charge is -2.36. The highest BCUT2D eigenvalue weighted by Crippen LogP contribution is 2.44. The van der Waals surface area contributed by atoms with Crippen LogP contribution in [0.5, 0.6) is 0 Å². The molecule has 0 fully saturated rings. The van der Waals surface area contributed by atoms with Crippen molar-refractivity contribution >= 4 is 45.5 Å². The minimum absolute atomic E-state index is 0.0548. The summed E-state index contributed by atoms with van der Waals surface area (Å²) in [6, 6.07) is 8.13. The van der Waals surface area contributed by atoms with Gasteiger partial charge in [-0.1, -0.05) is 18.2 Å². The maximum Gasteiger partial charge on any atom is 0.419 e. The number of hydrogen-bond acceptors (Lipinski definition) is 5. The lowest BCUT2D eigenvalue weighted by Crippen LogP contribution is -2.55. The highest BCUT2D eigenvalue weighted by atomic mass is 127. The average molecular weight is 574 g/mol. The fourth-order valence-corrected chi connectivity index (χ4v) is 4.41. The summed E-state index contributed by atoms with van der Waals surface area (Å²) in [6.07, 6.45) is -3.78. The van der Waals surface area contributed by atoms with Gasteiger partial charge >= 0.3 is 12.3 Å². The summed E-state index contributed by atoms with van der Waals surface area (Å²) in [4.78, 5) is 30.6. The van der Waals surface area contributed by atoms with E-state index in [0.29, 0.717) is 20.2 Å². The van der Waals surface area contributed by atoms with Crippen molar-refractivity contribution in [1.82, 2.24) is 14.1 Å². The molecule has 176 valence electrons. The van der Waals surface area contributed by atoms with Crippen LogP contribution in [0.1, 0.15) is 33.3 Å². The molecule has 4 rings (SSSR count). The first-order chi connectivity index (χ1) is 15.2. The van der Waals surface area contributed by atoms with Crippen LogP contribution in [0.15, 0.2) is 41.3 Å². The normalized spacial score (nSPS) is 18.6. The van der Waals surface area contributed by atoms with Gasteiger partial charge in [0.2, 0.25) is 5.95 Å². The largest absolute Gasteiger partial charge is 0.443 e. The number of aromatic nitrogens is 3. The van der Waals surface area contributed by atoms with Crippen molar-refractivity contribution in [3.8, 4) is 0 Å². The fraction of sp³-hybridized carbons (Fsp3) is 0.409. The smallest absolute Gasteiger partial charge is 0.419 e. The van der Waals surface area contributed by atoms with Gasteiger partial charge in [-0.3, -0.25) is 13.9 Å². The predicted molar refractivity (Wildman–Crippen MR) is 125 cm³/mol. The molecule has 0 bridgehead atoms. The van der Waals surface area contributed by atoms with Crippen molar-refractivity contribution < 1.29 is 22.7 Å². The average Bonchev–Trinajstić information content (AvgIpc) is 3.18. The van der Waals surface area contributed by atoms with Crippen molar-refractivity contribution in [1.29, 1.82) is 0 Å². The van der Waals surface area contributed by atoms with Gasteiger partial charge < -0.3 is 9.64 Å². The van der Waals surface area contributed by atoms with E-state index in [1.807, 2.05) is 22.6 Å². The van der Waals surface area contributed by atoms with Crippen LogP contribution < -0.4 is 10.5 Å². The monoisotopic (exact) mass is 574 g/mol. The van der Waals surface area contributed by atoms with E-state index >= 15 is 0 Å². The third-order valence-corrected chi connectivity index (χ3v) is 6.14. The summed E-state index contributed by atoms with van der Waals surface area (Å²) in [5, 5.41) is 0.610. The second-order valence-corrected chi connectivity index (χ2v) is 10.3. The molecule has 0 amide bonds. The van der Waals surface area contributed by atoms with Gasteiger partial charge in [-0.2, -0.15) is 13.2 Å². The summed E-state index contributed by atoms with van der Waals surface area (Å²) in [6.45, 7) is 5.48. The Morgan fingerprint density at radius 2 is 1.91 bits per heavy atom. The lowest BCUT2D eigenvalue weighted by molar-refractivity contribution is -0.182. The van der Waals surface area contributed by atoms with Gasteiger partial charge in [0.1, 0.15) is 9.30 Å². The first kappa shape index (κ1) is 23.6. The summed E-state index contributed by atoms with van der Waals surface area (Å²) < 4.78 is 50.9. The molecular formula is C22H22F3IN4O3. The number of carbonyl (C=O) groups excluding carboxylic acids is 1. The Balaban J connectivity index is 1.85. The maximum absolute atomic E-state index is 14.3. The van der Waals surface area contributed by atoms with E-state index in [1.165, 1.54) is 16.8 Å². The van der Waals surface area contributed by atoms with Crippen LogP contribution >= 0.6 is 22.6 Å². The molecule has 1 atom stereocenters. The molecule has 2 aromatic heterocycles. The Morgan fingerprint density at radius 1 is 1.24 bits per heavy atom. The van der Waals surface area contributed by atoms with Gasteiger partial charge in [-0.15, -0.1) is 0 Å². The Hall–Kier alpha value is -2.57. The van der Waals surface area contributed by atoms with E-state index < -0.39 is 35.5 Å². The van der Waals surface area contributed by atoms with E-state index in [-0.39, 0.29) is 12.5 Å². The molecule has 1 aromatic carbocycles. The fourth-order valence-electron chi connectivity index (χ4n) is 3.93. The highest BCUT2D eigenvalue weighted by molar-refractivity contribution is 14.1. The van der Waals surface area contributed by atoms with Crippen LogP contribution in [0.25, 0.3) is 10.9 Å². The van der Waals surface area contributed by atoms with Crippen LogP contribution in [0.4, 0.5) is 23.9 Å².